The van der Waals surface area contributed by atoms with Gasteiger partial charge in [-0.1, -0.05) is 42.5 Å². The largest absolute Gasteiger partial charge is 0.452 e. The summed E-state index contributed by atoms with van der Waals surface area (Å²) >= 11 is 0. The van der Waals surface area contributed by atoms with E-state index in [2.05, 4.69) is 4.18 Å². The van der Waals surface area contributed by atoms with Crippen LogP contribution < -0.4 is 14.1 Å². The molecule has 7 heteroatoms. The molecule has 0 radical (unpaired) electrons. The van der Waals surface area contributed by atoms with E-state index in [0.29, 0.717) is 5.56 Å². The topological polar surface area (TPSA) is 95.7 Å². The van der Waals surface area contributed by atoms with Gasteiger partial charge < -0.3 is 8.92 Å². The molecule has 6 nitrogen and oxygen atoms in total. The second-order valence-corrected chi connectivity index (χ2v) is 6.89. The Morgan fingerprint density at radius 2 is 1.77 bits per heavy atom. The van der Waals surface area contributed by atoms with Gasteiger partial charge in [0.2, 0.25) is 5.78 Å². The minimum absolute atomic E-state index is 0.0227. The molecule has 4 rings (SSSR count). The molecule has 0 aliphatic carbocycles. The molecule has 0 unspecified atom stereocenters. The molecule has 0 saturated carbocycles. The Balaban J connectivity index is 1.72. The van der Waals surface area contributed by atoms with Gasteiger partial charge >= 0.3 is 10.3 Å². The van der Waals surface area contributed by atoms with Gasteiger partial charge in [0.05, 0.1) is 5.56 Å². The molecule has 2 N–H and O–H groups in total. The highest BCUT2D eigenvalue weighted by atomic mass is 32.2. The molecule has 0 atom stereocenters. The van der Waals surface area contributed by atoms with Gasteiger partial charge in [0.25, 0.3) is 0 Å². The number of hydrogen-bond donors (Lipinski definition) is 1. The van der Waals surface area contributed by atoms with Gasteiger partial charge in [0, 0.05) is 6.07 Å². The molecule has 0 saturated heterocycles. The molecule has 0 fully saturated rings. The number of ether oxygens (including phenoxy) is 1. The fourth-order valence-electron chi connectivity index (χ4n) is 2.87. The second-order valence-electron chi connectivity index (χ2n) is 5.74. The Kier molecular flexibility index (Phi) is 3.75. The van der Waals surface area contributed by atoms with Crippen LogP contribution >= 0.6 is 0 Å². The fraction of sp³-hybridized carbons (Fsp3) is 0. The SMILES string of the molecule is NS(=O)(=O)Oc1ccc2c(c1)O/C(=C\c1cccc3ccccc13)C2=O. The van der Waals surface area contributed by atoms with E-state index in [1.807, 2.05) is 42.5 Å². The van der Waals surface area contributed by atoms with Crippen LogP contribution in [0.4, 0.5) is 0 Å². The standard InChI is InChI=1S/C19H13NO5S/c20-26(22,23)25-14-8-9-16-17(11-14)24-18(19(16)21)10-13-6-3-5-12-4-1-2-7-15(12)13/h1-11H,(H2,20,22,23)/b18-10-. The first-order valence-electron chi connectivity index (χ1n) is 7.69. The molecule has 0 bridgehead atoms. The number of carbonyl (C=O) groups excluding carboxylic acids is 1. The smallest absolute Gasteiger partial charge is 0.380 e. The highest BCUT2D eigenvalue weighted by Crippen LogP contribution is 2.35. The van der Waals surface area contributed by atoms with Gasteiger partial charge in [-0.3, -0.25) is 4.79 Å². The lowest BCUT2D eigenvalue weighted by molar-refractivity contribution is 0.101. The molecule has 1 heterocycles. The number of fused-ring (bicyclic) bond motifs is 2. The lowest BCUT2D eigenvalue weighted by Gasteiger charge is -2.04. The summed E-state index contributed by atoms with van der Waals surface area (Å²) in [5.41, 5.74) is 1.18. The number of allylic oxidation sites excluding steroid dienone is 1. The zero-order chi connectivity index (χ0) is 18.3. The van der Waals surface area contributed by atoms with Crippen LogP contribution in [0.5, 0.6) is 11.5 Å². The third kappa shape index (κ3) is 3.05. The van der Waals surface area contributed by atoms with E-state index >= 15 is 0 Å². The zero-order valence-electron chi connectivity index (χ0n) is 13.4. The van der Waals surface area contributed by atoms with Crippen molar-refractivity contribution in [2.45, 2.75) is 0 Å². The number of carbonyl (C=O) groups is 1. The Morgan fingerprint density at radius 3 is 2.58 bits per heavy atom. The first-order chi connectivity index (χ1) is 12.4. The summed E-state index contributed by atoms with van der Waals surface area (Å²) in [6, 6.07) is 17.7. The summed E-state index contributed by atoms with van der Waals surface area (Å²) < 4.78 is 32.3. The van der Waals surface area contributed by atoms with Crippen LogP contribution in [0.15, 0.2) is 66.4 Å². The van der Waals surface area contributed by atoms with Crippen LogP contribution in [0, 0.1) is 0 Å². The molecule has 0 amide bonds. The van der Waals surface area contributed by atoms with E-state index in [1.165, 1.54) is 18.2 Å². The fourth-order valence-corrected chi connectivity index (χ4v) is 3.24. The van der Waals surface area contributed by atoms with E-state index in [-0.39, 0.29) is 23.0 Å². The summed E-state index contributed by atoms with van der Waals surface area (Å²) in [4.78, 5) is 12.6. The van der Waals surface area contributed by atoms with Crippen molar-refractivity contribution in [3.8, 4) is 11.5 Å². The van der Waals surface area contributed by atoms with Crippen LogP contribution in [0.1, 0.15) is 15.9 Å². The number of ketones is 1. The molecule has 0 spiro atoms. The molecular formula is C19H13NO5S. The number of hydrogen-bond acceptors (Lipinski definition) is 5. The summed E-state index contributed by atoms with van der Waals surface area (Å²) in [5, 5.41) is 6.90. The van der Waals surface area contributed by atoms with Crippen LogP contribution in [0.2, 0.25) is 0 Å². The van der Waals surface area contributed by atoms with Gasteiger partial charge in [-0.2, -0.15) is 13.6 Å². The molecule has 1 aliphatic rings. The van der Waals surface area contributed by atoms with E-state index in [0.717, 1.165) is 16.3 Å². The van der Waals surface area contributed by atoms with Gasteiger partial charge in [-0.15, -0.1) is 0 Å². The molecule has 130 valence electrons. The van der Waals surface area contributed by atoms with Crippen molar-refractivity contribution in [1.29, 1.82) is 0 Å². The predicted molar refractivity (Wildman–Crippen MR) is 97.1 cm³/mol. The molecular weight excluding hydrogens is 354 g/mol. The Morgan fingerprint density at radius 1 is 1.00 bits per heavy atom. The number of benzene rings is 3. The molecule has 0 aromatic heterocycles. The van der Waals surface area contributed by atoms with E-state index in [1.54, 1.807) is 6.08 Å². The van der Waals surface area contributed by atoms with Gasteiger partial charge in [-0.25, -0.2) is 0 Å². The minimum atomic E-state index is -4.15. The van der Waals surface area contributed by atoms with Crippen molar-refractivity contribution < 1.29 is 22.1 Å². The lowest BCUT2D eigenvalue weighted by Crippen LogP contribution is -2.18. The normalized spacial score (nSPS) is 15.1. The quantitative estimate of drug-likeness (QED) is 0.718. The van der Waals surface area contributed by atoms with E-state index in [4.69, 9.17) is 9.88 Å². The Labute approximate surface area is 149 Å². The van der Waals surface area contributed by atoms with Crippen molar-refractivity contribution in [2.24, 2.45) is 5.14 Å². The van der Waals surface area contributed by atoms with Gasteiger partial charge in [0.15, 0.2) is 5.76 Å². The van der Waals surface area contributed by atoms with Crippen molar-refractivity contribution >= 4 is 32.9 Å². The van der Waals surface area contributed by atoms with E-state index < -0.39 is 10.3 Å². The Hall–Kier alpha value is -3.16. The maximum absolute atomic E-state index is 12.6. The summed E-state index contributed by atoms with van der Waals surface area (Å²) in [7, 11) is -4.15. The highest BCUT2D eigenvalue weighted by molar-refractivity contribution is 7.84. The van der Waals surface area contributed by atoms with Crippen molar-refractivity contribution in [3.63, 3.8) is 0 Å². The van der Waals surface area contributed by atoms with Crippen LogP contribution in [-0.4, -0.2) is 14.2 Å². The summed E-state index contributed by atoms with van der Waals surface area (Å²) in [5.74, 6) is 0.0762. The average Bonchev–Trinajstić information content (AvgIpc) is 2.89. The molecule has 26 heavy (non-hydrogen) atoms. The molecule has 3 aromatic rings. The van der Waals surface area contributed by atoms with Crippen molar-refractivity contribution in [3.05, 3.63) is 77.5 Å². The van der Waals surface area contributed by atoms with Crippen LogP contribution in [0.3, 0.4) is 0 Å². The van der Waals surface area contributed by atoms with Crippen molar-refractivity contribution in [1.82, 2.24) is 0 Å². The molecule has 3 aromatic carbocycles. The maximum atomic E-state index is 12.6. The maximum Gasteiger partial charge on any atom is 0.380 e. The van der Waals surface area contributed by atoms with Gasteiger partial charge in [-0.05, 0) is 34.5 Å². The second kappa shape index (κ2) is 5.98. The molecule has 1 aliphatic heterocycles. The number of Topliss-reactive ketones (excluding diaryl/α,β-unsaturated/α-hetero) is 1. The predicted octanol–water partition coefficient (Wildman–Crippen LogP) is 3.04. The van der Waals surface area contributed by atoms with Crippen LogP contribution in [-0.2, 0) is 10.3 Å². The summed E-state index contributed by atoms with van der Waals surface area (Å²) in [6.07, 6.45) is 1.67. The summed E-state index contributed by atoms with van der Waals surface area (Å²) in [6.45, 7) is 0. The zero-order valence-corrected chi connectivity index (χ0v) is 14.2. The highest BCUT2D eigenvalue weighted by Gasteiger charge is 2.28. The number of nitrogens with two attached hydrogens (primary N) is 1. The third-order valence-corrected chi connectivity index (χ3v) is 4.39. The monoisotopic (exact) mass is 367 g/mol. The Bertz CT molecular complexity index is 1180. The minimum Gasteiger partial charge on any atom is -0.452 e. The van der Waals surface area contributed by atoms with Gasteiger partial charge in [0.1, 0.15) is 11.5 Å². The average molecular weight is 367 g/mol. The van der Waals surface area contributed by atoms with Crippen LogP contribution in [0.25, 0.3) is 16.8 Å². The third-order valence-electron chi connectivity index (χ3n) is 3.96. The first-order valence-corrected chi connectivity index (χ1v) is 9.16. The van der Waals surface area contributed by atoms with Crippen molar-refractivity contribution in [2.75, 3.05) is 0 Å². The number of rotatable bonds is 3. The lowest BCUT2D eigenvalue weighted by atomic mass is 10.0. The van der Waals surface area contributed by atoms with E-state index in [9.17, 15) is 13.2 Å². The first kappa shape index (κ1) is 16.3.